The summed E-state index contributed by atoms with van der Waals surface area (Å²) in [6, 6.07) is 0. The van der Waals surface area contributed by atoms with Gasteiger partial charge in [-0.15, -0.1) is 0 Å². The summed E-state index contributed by atoms with van der Waals surface area (Å²) in [5.74, 6) is 6.27. The zero-order chi connectivity index (χ0) is 75.0. The maximum atomic E-state index is 12.5. The Bertz CT molecular complexity index is 1170. The zero-order valence-corrected chi connectivity index (χ0v) is 71.8. The van der Waals surface area contributed by atoms with Gasteiger partial charge in [0.1, 0.15) is 5.67 Å². The van der Waals surface area contributed by atoms with E-state index in [0.29, 0.717) is 28.3 Å². The Morgan fingerprint density at radius 2 is 0.667 bits per heavy atom. The number of hydrogen-bond donors (Lipinski definition) is 3. The van der Waals surface area contributed by atoms with Crippen LogP contribution in [0.4, 0.5) is 4.39 Å². The maximum Gasteiger partial charge on any atom is 0.108 e. The summed E-state index contributed by atoms with van der Waals surface area (Å²) in [5, 5.41) is 25.2. The molecule has 6 nitrogen and oxygen atoms in total. The van der Waals surface area contributed by atoms with Gasteiger partial charge in [-0.25, -0.2) is 4.39 Å². The van der Waals surface area contributed by atoms with E-state index >= 15 is 0 Å². The Hall–Kier alpha value is -0.310. The number of hydrogen-bond acceptors (Lipinski definition) is 6. The Balaban J connectivity index is -0.0000000818. The maximum absolute atomic E-state index is 12.5. The van der Waals surface area contributed by atoms with Gasteiger partial charge in [-0.3, -0.25) is 0 Å². The average Bonchev–Trinajstić information content (AvgIpc) is 4.21. The fourth-order valence-corrected chi connectivity index (χ4v) is 4.65. The molecule has 0 unspecified atom stereocenters. The minimum atomic E-state index is -0.806. The summed E-state index contributed by atoms with van der Waals surface area (Å²) >= 11 is 0. The lowest BCUT2D eigenvalue weighted by Crippen LogP contribution is -2.36. The Kier molecular flexibility index (Phi) is 80.3. The third-order valence-corrected chi connectivity index (χ3v) is 11.4. The van der Waals surface area contributed by atoms with E-state index in [4.69, 9.17) is 29.5 Å². The molecule has 0 radical (unpaired) electrons. The molecule has 3 N–H and O–H groups in total. The molecule has 7 aliphatic rings. The van der Waals surface area contributed by atoms with Gasteiger partial charge in [-0.2, -0.15) is 0 Å². The van der Waals surface area contributed by atoms with E-state index < -0.39 is 11.3 Å². The van der Waals surface area contributed by atoms with Crippen molar-refractivity contribution in [2.45, 2.75) is 448 Å². The summed E-state index contributed by atoms with van der Waals surface area (Å²) in [4.78, 5) is 0. The second kappa shape index (κ2) is 63.4. The molecule has 0 atom stereocenters. The molecule has 0 aromatic rings. The third-order valence-electron chi connectivity index (χ3n) is 11.4. The van der Waals surface area contributed by atoms with Gasteiger partial charge < -0.3 is 29.5 Å². The fraction of sp³-hybridized carbons (Fsp3) is 1.00. The normalized spacial score (nSPS) is 19.7. The van der Waals surface area contributed by atoms with Crippen LogP contribution in [-0.2, 0) is 14.2 Å². The van der Waals surface area contributed by atoms with Crippen molar-refractivity contribution in [3.05, 3.63) is 0 Å². The standard InChI is InChI=1S/C6H11F.2C6H12.C5H10O.C5H12O.2C5H10.3C5H12.C4H8O.2C4H10O.3C4H10.C3H8O.C3H8/c1-5-3-6(2,7)4-5;1-6(2)4-3-5-6;1-2-6-4-3-5-6;1-5(2)3-6-4-5;1-5(2,3)6-4;1-5(2)3-4-5;1-2-5-3-4-5;2*1-5(2,3)4;1-4-5(2)3;1-4(5)2-3-4;1-4(2)5-3;1-4(2,3)5;3*1-4(2)3;1-3(2)4;1-3-2/h5H,3-4H2,1-2H3;3-5H2,1-2H3;6H,2-5H2,1H3;3-4H2,1-2H3;1-4H3;3-4H2,1-2H3;5H,2-4H2,1H3;2*1-4H3;5H,4H2,1-3H3;5H,2-3H2,1H3;4H,1-3H3;5H,1-3H3;3*4H,1-3H3;3-4H,1-2H3;3H2,1-2H3. The predicted molar refractivity (Wildman–Crippen MR) is 415 cm³/mol. The van der Waals surface area contributed by atoms with E-state index in [1.54, 1.807) is 55.8 Å². The molecule has 0 aromatic carbocycles. The molecule has 1 saturated heterocycles. The lowest BCUT2D eigenvalue weighted by atomic mass is 9.72. The van der Waals surface area contributed by atoms with Crippen molar-refractivity contribution in [1.29, 1.82) is 0 Å². The molecule has 0 spiro atoms. The molecule has 7 fully saturated rings. The number of methoxy groups -OCH3 is 2. The molecule has 7 rings (SSSR count). The van der Waals surface area contributed by atoms with Gasteiger partial charge in [0, 0.05) is 25.7 Å². The van der Waals surface area contributed by atoms with E-state index in [0.717, 1.165) is 85.2 Å². The molecule has 6 aliphatic carbocycles. The van der Waals surface area contributed by atoms with E-state index in [2.05, 4.69) is 215 Å². The number of alkyl halides is 1. The van der Waals surface area contributed by atoms with Gasteiger partial charge in [0.2, 0.25) is 0 Å². The topological polar surface area (TPSA) is 88.4 Å². The summed E-state index contributed by atoms with van der Waals surface area (Å²) in [6.07, 6.45) is 24.0. The SMILES string of the molecule is CC(C)(C)C.CC(C)(C)C.CC(C)(C)O.CC(C)C.CC(C)C.CC(C)C.CC(C)O.CC1(C)CC1.CC1(C)CCC1.CC1(C)COC1.CC1(O)CC1.CC1CC(C)(F)C1.CCC.CCC(C)C.CCC1CC1.CCC1CCC1.COC(C)(C)C.COC(C)C. The van der Waals surface area contributed by atoms with Crippen LogP contribution in [0.5, 0.6) is 0 Å². The molecule has 1 aliphatic heterocycles. The van der Waals surface area contributed by atoms with Crippen LogP contribution in [0.25, 0.3) is 0 Å². The van der Waals surface area contributed by atoms with Crippen LogP contribution in [0.1, 0.15) is 413 Å². The van der Waals surface area contributed by atoms with Gasteiger partial charge >= 0.3 is 0 Å². The van der Waals surface area contributed by atoms with Gasteiger partial charge in [0.15, 0.2) is 0 Å². The lowest BCUT2D eigenvalue weighted by molar-refractivity contribution is -0.0892. The molecule has 90 heavy (non-hydrogen) atoms. The Morgan fingerprint density at radius 1 is 0.489 bits per heavy atom. The predicted octanol–water partition coefficient (Wildman–Crippen LogP) is 27.9. The van der Waals surface area contributed by atoms with Crippen LogP contribution in [0.3, 0.4) is 0 Å². The van der Waals surface area contributed by atoms with E-state index in [1.807, 2.05) is 41.5 Å². The number of ether oxygens (including phenoxy) is 3. The molecule has 6 saturated carbocycles. The number of rotatable bonds is 4. The van der Waals surface area contributed by atoms with Crippen LogP contribution >= 0.6 is 0 Å². The monoisotopic (exact) mass is 1300 g/mol. The molecular formula is C83H187FO6. The molecular weight excluding hydrogens is 1110 g/mol. The van der Waals surface area contributed by atoms with Crippen molar-refractivity contribution >= 4 is 0 Å². The highest BCUT2D eigenvalue weighted by atomic mass is 19.1. The molecule has 1 heterocycles. The highest BCUT2D eigenvalue weighted by Crippen LogP contribution is 2.44. The van der Waals surface area contributed by atoms with Gasteiger partial charge in [-0.05, 0) is 198 Å². The highest BCUT2D eigenvalue weighted by molar-refractivity contribution is 4.88. The first-order valence-corrected chi connectivity index (χ1v) is 37.2. The van der Waals surface area contributed by atoms with Gasteiger partial charge in [-0.1, -0.05) is 279 Å². The minimum absolute atomic E-state index is 0.0417. The second-order valence-electron chi connectivity index (χ2n) is 37.9. The van der Waals surface area contributed by atoms with E-state index in [1.165, 1.54) is 89.9 Å². The van der Waals surface area contributed by atoms with Crippen LogP contribution < -0.4 is 0 Å². The third kappa shape index (κ3) is 212. The zero-order valence-electron chi connectivity index (χ0n) is 71.8. The summed E-state index contributed by atoms with van der Waals surface area (Å²) in [5.41, 5.74) is 1.46. The second-order valence-corrected chi connectivity index (χ2v) is 37.9. The molecule has 0 aromatic heterocycles. The van der Waals surface area contributed by atoms with Crippen molar-refractivity contribution in [2.75, 3.05) is 27.4 Å². The van der Waals surface area contributed by atoms with Crippen LogP contribution in [0, 0.1) is 68.5 Å². The van der Waals surface area contributed by atoms with Crippen molar-refractivity contribution in [3.63, 3.8) is 0 Å². The summed E-state index contributed by atoms with van der Waals surface area (Å²) in [7, 11) is 3.41. The smallest absolute Gasteiger partial charge is 0.108 e. The largest absolute Gasteiger partial charge is 0.394 e. The minimum Gasteiger partial charge on any atom is -0.394 e. The van der Waals surface area contributed by atoms with Crippen molar-refractivity contribution in [3.8, 4) is 0 Å². The van der Waals surface area contributed by atoms with Crippen LogP contribution in [0.15, 0.2) is 0 Å². The first-order valence-electron chi connectivity index (χ1n) is 37.2. The Labute approximate surface area is 575 Å². The Morgan fingerprint density at radius 3 is 0.667 bits per heavy atom. The van der Waals surface area contributed by atoms with Crippen molar-refractivity contribution < 1.29 is 33.9 Å². The summed E-state index contributed by atoms with van der Waals surface area (Å²) in [6.45, 7) is 92.4. The van der Waals surface area contributed by atoms with Gasteiger partial charge in [0.25, 0.3) is 0 Å². The fourth-order valence-electron chi connectivity index (χ4n) is 4.65. The average molecular weight is 1300 g/mol. The van der Waals surface area contributed by atoms with E-state index in [9.17, 15) is 4.39 Å². The number of aliphatic hydroxyl groups excluding tert-OH is 1. The quantitative estimate of drug-likeness (QED) is 0.260. The molecule has 562 valence electrons. The molecule has 0 bridgehead atoms. The molecule has 0 amide bonds. The number of halogens is 1. The number of aliphatic hydroxyl groups is 3. The highest BCUT2D eigenvalue weighted by Gasteiger charge is 2.37. The first-order chi connectivity index (χ1) is 39.7. The first kappa shape index (κ1) is 114. The van der Waals surface area contributed by atoms with Crippen LogP contribution in [0.2, 0.25) is 0 Å². The van der Waals surface area contributed by atoms with Crippen molar-refractivity contribution in [2.24, 2.45) is 68.5 Å². The van der Waals surface area contributed by atoms with Crippen LogP contribution in [-0.4, -0.2) is 77.4 Å². The lowest BCUT2D eigenvalue weighted by Gasteiger charge is -2.36. The molecule has 7 heteroatoms. The van der Waals surface area contributed by atoms with Crippen molar-refractivity contribution in [1.82, 2.24) is 0 Å². The van der Waals surface area contributed by atoms with E-state index in [-0.39, 0.29) is 17.3 Å². The van der Waals surface area contributed by atoms with Gasteiger partial charge in [0.05, 0.1) is 36.1 Å². The summed E-state index contributed by atoms with van der Waals surface area (Å²) < 4.78 is 27.1.